The Labute approximate surface area is 103 Å². The number of nitrogens with one attached hydrogen (secondary N) is 1. The molecule has 6 heteroatoms. The minimum atomic E-state index is -3.31. The Balaban J connectivity index is 1.89. The zero-order valence-corrected chi connectivity index (χ0v) is 10.8. The molecule has 0 spiro atoms. The van der Waals surface area contributed by atoms with Gasteiger partial charge in [0.05, 0.1) is 5.75 Å². The fourth-order valence-corrected chi connectivity index (χ4v) is 4.04. The van der Waals surface area contributed by atoms with Crippen LogP contribution in [0.2, 0.25) is 0 Å². The van der Waals surface area contributed by atoms with Crippen molar-refractivity contribution in [1.82, 2.24) is 9.62 Å². The molecule has 1 N–H and O–H groups in total. The van der Waals surface area contributed by atoms with Gasteiger partial charge in [0.25, 0.3) is 0 Å². The summed E-state index contributed by atoms with van der Waals surface area (Å²) in [6.07, 6.45) is 3.84. The predicted molar refractivity (Wildman–Crippen MR) is 64.9 cm³/mol. The molecule has 0 bridgehead atoms. The molecule has 2 heterocycles. The van der Waals surface area contributed by atoms with E-state index in [0.29, 0.717) is 25.3 Å². The summed E-state index contributed by atoms with van der Waals surface area (Å²) >= 11 is 0. The Kier molecular flexibility index (Phi) is 4.04. The molecule has 2 rings (SSSR count). The van der Waals surface area contributed by atoms with Gasteiger partial charge in [-0.2, -0.15) is 0 Å². The third-order valence-corrected chi connectivity index (χ3v) is 5.47. The molecule has 0 unspecified atom stereocenters. The molecule has 98 valence electrons. The van der Waals surface area contributed by atoms with E-state index >= 15 is 0 Å². The van der Waals surface area contributed by atoms with Crippen molar-refractivity contribution in [3.63, 3.8) is 0 Å². The maximum Gasteiger partial charge on any atom is 0.237 e. The van der Waals surface area contributed by atoms with Crippen LogP contribution in [-0.4, -0.2) is 44.0 Å². The van der Waals surface area contributed by atoms with Gasteiger partial charge in [0.2, 0.25) is 15.9 Å². The number of sulfonamides is 1. The summed E-state index contributed by atoms with van der Waals surface area (Å²) in [5, 5.41) is 3.28. The van der Waals surface area contributed by atoms with Gasteiger partial charge in [0, 0.05) is 13.0 Å². The molecule has 0 aromatic heterocycles. The fourth-order valence-electron chi connectivity index (χ4n) is 2.53. The highest BCUT2D eigenvalue weighted by atomic mass is 32.2. The van der Waals surface area contributed by atoms with E-state index < -0.39 is 10.0 Å². The lowest BCUT2D eigenvalue weighted by molar-refractivity contribution is -0.127. The molecular weight excluding hydrogens is 240 g/mol. The number of carbonyl (C=O) groups is 1. The van der Waals surface area contributed by atoms with Gasteiger partial charge in [-0.05, 0) is 44.7 Å². The minimum Gasteiger partial charge on any atom is -0.317 e. The van der Waals surface area contributed by atoms with Crippen molar-refractivity contribution in [1.29, 1.82) is 0 Å². The Morgan fingerprint density at radius 1 is 1.29 bits per heavy atom. The lowest BCUT2D eigenvalue weighted by atomic mass is 9.95. The summed E-state index contributed by atoms with van der Waals surface area (Å²) in [6.45, 7) is 2.39. The Hall–Kier alpha value is -0.620. The largest absolute Gasteiger partial charge is 0.317 e. The third-order valence-electron chi connectivity index (χ3n) is 3.61. The van der Waals surface area contributed by atoms with Crippen molar-refractivity contribution in [2.75, 3.05) is 25.4 Å². The van der Waals surface area contributed by atoms with Crippen molar-refractivity contribution in [3.05, 3.63) is 0 Å². The molecular formula is C11H20N2O3S. The van der Waals surface area contributed by atoms with E-state index in [1.54, 1.807) is 0 Å². The highest BCUT2D eigenvalue weighted by Gasteiger charge is 2.31. The van der Waals surface area contributed by atoms with E-state index in [4.69, 9.17) is 0 Å². The fraction of sp³-hybridized carbons (Fsp3) is 0.909. The number of rotatable bonds is 3. The number of piperidine rings is 1. The molecule has 0 radical (unpaired) electrons. The smallest absolute Gasteiger partial charge is 0.237 e. The maximum atomic E-state index is 11.8. The standard InChI is InChI=1S/C11H20N2O3S/c14-11-2-1-9-17(15,16)13(11)8-5-10-3-6-12-7-4-10/h10,12H,1-9H2. The molecule has 2 aliphatic heterocycles. The van der Waals surface area contributed by atoms with Gasteiger partial charge in [-0.3, -0.25) is 4.79 Å². The van der Waals surface area contributed by atoms with E-state index in [2.05, 4.69) is 5.32 Å². The zero-order chi connectivity index (χ0) is 12.3. The molecule has 17 heavy (non-hydrogen) atoms. The lowest BCUT2D eigenvalue weighted by Gasteiger charge is -2.29. The number of carbonyl (C=O) groups excluding carboxylic acids is 1. The zero-order valence-electron chi connectivity index (χ0n) is 10.0. The molecule has 0 saturated carbocycles. The van der Waals surface area contributed by atoms with Crippen LogP contribution in [0, 0.1) is 5.92 Å². The third kappa shape index (κ3) is 3.19. The van der Waals surface area contributed by atoms with Crippen LogP contribution in [0.25, 0.3) is 0 Å². The summed E-state index contributed by atoms with van der Waals surface area (Å²) in [6, 6.07) is 0. The van der Waals surface area contributed by atoms with Crippen LogP contribution < -0.4 is 5.32 Å². The van der Waals surface area contributed by atoms with Crippen LogP contribution in [0.4, 0.5) is 0 Å². The maximum absolute atomic E-state index is 11.8. The highest BCUT2D eigenvalue weighted by Crippen LogP contribution is 2.20. The van der Waals surface area contributed by atoms with Crippen molar-refractivity contribution in [2.45, 2.75) is 32.1 Å². The van der Waals surface area contributed by atoms with Crippen molar-refractivity contribution >= 4 is 15.9 Å². The Morgan fingerprint density at radius 2 is 2.00 bits per heavy atom. The molecule has 5 nitrogen and oxygen atoms in total. The first-order valence-corrected chi connectivity index (χ1v) is 7.94. The minimum absolute atomic E-state index is 0.130. The summed E-state index contributed by atoms with van der Waals surface area (Å²) in [7, 11) is -3.31. The number of hydrogen-bond acceptors (Lipinski definition) is 4. The molecule has 2 saturated heterocycles. The second kappa shape index (κ2) is 5.35. The average molecular weight is 260 g/mol. The highest BCUT2D eigenvalue weighted by molar-refractivity contribution is 7.89. The first kappa shape index (κ1) is 12.8. The summed E-state index contributed by atoms with van der Waals surface area (Å²) in [5.74, 6) is 0.469. The SMILES string of the molecule is O=C1CCCS(=O)(=O)N1CCC1CCNCC1. The van der Waals surface area contributed by atoms with Gasteiger partial charge in [-0.25, -0.2) is 12.7 Å². The second-order valence-corrected chi connectivity index (χ2v) is 6.88. The molecule has 0 aliphatic carbocycles. The number of nitrogens with zero attached hydrogens (tertiary/aromatic N) is 1. The normalized spacial score (nSPS) is 26.1. The van der Waals surface area contributed by atoms with Crippen LogP contribution in [0.15, 0.2) is 0 Å². The van der Waals surface area contributed by atoms with E-state index in [0.717, 1.165) is 36.7 Å². The molecule has 0 aromatic rings. The van der Waals surface area contributed by atoms with Gasteiger partial charge in [0.15, 0.2) is 0 Å². The van der Waals surface area contributed by atoms with Crippen LogP contribution >= 0.6 is 0 Å². The first-order valence-electron chi connectivity index (χ1n) is 6.33. The molecule has 2 aliphatic rings. The molecule has 1 amide bonds. The lowest BCUT2D eigenvalue weighted by Crippen LogP contribution is -2.43. The number of amides is 1. The molecule has 0 atom stereocenters. The van der Waals surface area contributed by atoms with Crippen LogP contribution in [0.3, 0.4) is 0 Å². The van der Waals surface area contributed by atoms with Gasteiger partial charge >= 0.3 is 0 Å². The Bertz CT molecular complexity index is 374. The van der Waals surface area contributed by atoms with E-state index in [-0.39, 0.29) is 11.7 Å². The van der Waals surface area contributed by atoms with Crippen molar-refractivity contribution in [2.24, 2.45) is 5.92 Å². The van der Waals surface area contributed by atoms with Gasteiger partial charge < -0.3 is 5.32 Å². The predicted octanol–water partition coefficient (Wildman–Crippen LogP) is 0.328. The molecule has 2 fully saturated rings. The first-order chi connectivity index (χ1) is 8.09. The molecule has 0 aromatic carbocycles. The van der Waals surface area contributed by atoms with Crippen molar-refractivity contribution < 1.29 is 13.2 Å². The average Bonchev–Trinajstić information content (AvgIpc) is 2.29. The van der Waals surface area contributed by atoms with Gasteiger partial charge in [-0.1, -0.05) is 0 Å². The monoisotopic (exact) mass is 260 g/mol. The van der Waals surface area contributed by atoms with E-state index in [1.807, 2.05) is 0 Å². The van der Waals surface area contributed by atoms with E-state index in [1.165, 1.54) is 0 Å². The van der Waals surface area contributed by atoms with Gasteiger partial charge in [-0.15, -0.1) is 0 Å². The van der Waals surface area contributed by atoms with Crippen LogP contribution in [-0.2, 0) is 14.8 Å². The number of hydrogen-bond donors (Lipinski definition) is 1. The Morgan fingerprint density at radius 3 is 2.65 bits per heavy atom. The summed E-state index contributed by atoms with van der Waals surface area (Å²) in [5.41, 5.74) is 0. The van der Waals surface area contributed by atoms with E-state index in [9.17, 15) is 13.2 Å². The quantitative estimate of drug-likeness (QED) is 0.794. The van der Waals surface area contributed by atoms with Crippen LogP contribution in [0.1, 0.15) is 32.1 Å². The summed E-state index contributed by atoms with van der Waals surface area (Å²) < 4.78 is 24.6. The summed E-state index contributed by atoms with van der Waals surface area (Å²) in [4.78, 5) is 11.6. The van der Waals surface area contributed by atoms with Gasteiger partial charge in [0.1, 0.15) is 0 Å². The second-order valence-electron chi connectivity index (χ2n) is 4.87. The van der Waals surface area contributed by atoms with Crippen LogP contribution in [0.5, 0.6) is 0 Å². The topological polar surface area (TPSA) is 66.5 Å². The van der Waals surface area contributed by atoms with Crippen molar-refractivity contribution in [3.8, 4) is 0 Å².